The lowest BCUT2D eigenvalue weighted by Gasteiger charge is -2.24. The molecule has 1 aromatic rings. The molecule has 2 rings (SSSR count). The summed E-state index contributed by atoms with van der Waals surface area (Å²) in [7, 11) is 1.62. The van der Waals surface area contributed by atoms with E-state index in [1.165, 1.54) is 0 Å². The van der Waals surface area contributed by atoms with Gasteiger partial charge in [0, 0.05) is 6.61 Å². The van der Waals surface area contributed by atoms with Crippen molar-refractivity contribution in [1.82, 2.24) is 10.0 Å². The van der Waals surface area contributed by atoms with Gasteiger partial charge in [0.05, 0.1) is 25.4 Å². The summed E-state index contributed by atoms with van der Waals surface area (Å²) in [6.07, 6.45) is -0.0912. The normalized spacial score (nSPS) is 23.0. The lowest BCUT2D eigenvalue weighted by Crippen LogP contribution is -2.39. The summed E-state index contributed by atoms with van der Waals surface area (Å²) < 4.78 is 10.7. The summed E-state index contributed by atoms with van der Waals surface area (Å²) >= 11 is 0. The Kier molecular flexibility index (Phi) is 5.05. The summed E-state index contributed by atoms with van der Waals surface area (Å²) in [5.74, 6) is 0.474. The van der Waals surface area contributed by atoms with Crippen molar-refractivity contribution < 1.29 is 14.3 Å². The van der Waals surface area contributed by atoms with E-state index < -0.39 is 0 Å². The van der Waals surface area contributed by atoms with E-state index in [1.54, 1.807) is 12.1 Å². The number of rotatable bonds is 7. The second-order valence-electron chi connectivity index (χ2n) is 5.20. The van der Waals surface area contributed by atoms with Crippen LogP contribution in [0.15, 0.2) is 36.5 Å². The molecule has 6 nitrogen and oxygen atoms in total. The minimum atomic E-state index is -0.301. The quantitative estimate of drug-likeness (QED) is 0.610. The Morgan fingerprint density at radius 3 is 2.55 bits per heavy atom. The molecule has 6 heteroatoms. The van der Waals surface area contributed by atoms with Crippen LogP contribution in [0.25, 0.3) is 0 Å². The van der Waals surface area contributed by atoms with Gasteiger partial charge in [-0.05, 0) is 31.5 Å². The highest BCUT2D eigenvalue weighted by Crippen LogP contribution is 2.32. The number of ether oxygens (including phenoxy) is 2. The van der Waals surface area contributed by atoms with Gasteiger partial charge in [-0.3, -0.25) is 9.80 Å². The lowest BCUT2D eigenvalue weighted by atomic mass is 10.2. The van der Waals surface area contributed by atoms with Crippen LogP contribution in [0.3, 0.4) is 0 Å². The van der Waals surface area contributed by atoms with Crippen LogP contribution < -0.4 is 10.5 Å². The zero-order valence-corrected chi connectivity index (χ0v) is 13.3. The Bertz CT molecular complexity index is 544. The van der Waals surface area contributed by atoms with Crippen molar-refractivity contribution in [3.63, 3.8) is 0 Å². The third kappa shape index (κ3) is 3.40. The van der Waals surface area contributed by atoms with Crippen LogP contribution in [0.4, 0.5) is 0 Å². The Morgan fingerprint density at radius 1 is 1.41 bits per heavy atom. The van der Waals surface area contributed by atoms with E-state index >= 15 is 0 Å². The third-order valence-corrected chi connectivity index (χ3v) is 3.62. The molecule has 22 heavy (non-hydrogen) atoms. The predicted molar refractivity (Wildman–Crippen MR) is 83.6 cm³/mol. The van der Waals surface area contributed by atoms with Crippen molar-refractivity contribution in [2.45, 2.75) is 32.7 Å². The Balaban J connectivity index is 2.14. The molecule has 0 saturated carbocycles. The van der Waals surface area contributed by atoms with Gasteiger partial charge in [-0.1, -0.05) is 18.7 Å². The fourth-order valence-corrected chi connectivity index (χ4v) is 2.38. The average molecular weight is 305 g/mol. The highest BCUT2D eigenvalue weighted by molar-refractivity contribution is 5.91. The number of hydrogen-bond acceptors (Lipinski definition) is 5. The van der Waals surface area contributed by atoms with Gasteiger partial charge in [-0.25, -0.2) is 0 Å². The number of nitrogens with two attached hydrogens (primary N) is 1. The van der Waals surface area contributed by atoms with Crippen molar-refractivity contribution >= 4 is 5.91 Å². The van der Waals surface area contributed by atoms with Crippen molar-refractivity contribution in [3.8, 4) is 5.75 Å². The molecule has 2 unspecified atom stereocenters. The van der Waals surface area contributed by atoms with Gasteiger partial charge in [-0.2, -0.15) is 5.01 Å². The summed E-state index contributed by atoms with van der Waals surface area (Å²) in [6.45, 7) is 8.50. The van der Waals surface area contributed by atoms with Gasteiger partial charge in [0.15, 0.2) is 0 Å². The van der Waals surface area contributed by atoms with Crippen LogP contribution in [-0.2, 0) is 16.1 Å². The third-order valence-electron chi connectivity index (χ3n) is 3.62. The van der Waals surface area contributed by atoms with E-state index in [2.05, 4.69) is 6.58 Å². The van der Waals surface area contributed by atoms with Gasteiger partial charge < -0.3 is 15.2 Å². The van der Waals surface area contributed by atoms with E-state index in [0.717, 1.165) is 11.3 Å². The summed E-state index contributed by atoms with van der Waals surface area (Å²) in [5, 5.41) is 3.48. The van der Waals surface area contributed by atoms with Crippen LogP contribution in [0, 0.1) is 0 Å². The van der Waals surface area contributed by atoms with Gasteiger partial charge in [-0.15, -0.1) is 0 Å². The van der Waals surface area contributed by atoms with Crippen LogP contribution in [0.1, 0.15) is 19.4 Å². The molecule has 1 saturated heterocycles. The van der Waals surface area contributed by atoms with E-state index in [9.17, 15) is 4.79 Å². The summed E-state index contributed by atoms with van der Waals surface area (Å²) in [4.78, 5) is 12.3. The molecule has 1 aromatic carbocycles. The van der Waals surface area contributed by atoms with Crippen LogP contribution in [0.5, 0.6) is 5.75 Å². The number of carbonyl (C=O) groups is 1. The number of hydrogen-bond donors (Lipinski definition) is 1. The summed E-state index contributed by atoms with van der Waals surface area (Å²) in [5.41, 5.74) is 6.59. The largest absolute Gasteiger partial charge is 0.497 e. The molecule has 1 aliphatic heterocycles. The van der Waals surface area contributed by atoms with E-state index in [4.69, 9.17) is 15.2 Å². The second kappa shape index (κ2) is 6.81. The highest BCUT2D eigenvalue weighted by Gasteiger charge is 2.50. The number of benzene rings is 1. The molecule has 1 aliphatic rings. The van der Waals surface area contributed by atoms with E-state index in [1.807, 2.05) is 43.1 Å². The molecule has 0 spiro atoms. The van der Waals surface area contributed by atoms with Gasteiger partial charge in [0.25, 0.3) is 5.91 Å². The SMILES string of the molecule is C=C(N)C(=O)N(Cc1ccc(OC)cc1)N1C(C)[C@@H]1OCC. The van der Waals surface area contributed by atoms with Gasteiger partial charge in [0.1, 0.15) is 12.0 Å². The number of nitrogens with zero attached hydrogens (tertiary/aromatic N) is 2. The first kappa shape index (κ1) is 16.3. The standard InChI is InChI=1S/C16H23N3O3/c1-5-22-16-12(3)19(16)18(15(20)11(2)17)10-13-6-8-14(21-4)9-7-13/h6-9,12,16H,2,5,10,17H2,1,3-4H3/t12?,16-,19?/m0/s1. The molecule has 1 fully saturated rings. The zero-order valence-electron chi connectivity index (χ0n) is 13.3. The van der Waals surface area contributed by atoms with Crippen molar-refractivity contribution in [2.24, 2.45) is 5.73 Å². The van der Waals surface area contributed by atoms with Crippen LogP contribution in [-0.4, -0.2) is 41.9 Å². The molecule has 120 valence electrons. The van der Waals surface area contributed by atoms with E-state index in [0.29, 0.717) is 13.2 Å². The molecular weight excluding hydrogens is 282 g/mol. The Hall–Kier alpha value is -2.05. The zero-order chi connectivity index (χ0) is 16.3. The van der Waals surface area contributed by atoms with Crippen LogP contribution in [0.2, 0.25) is 0 Å². The van der Waals surface area contributed by atoms with Gasteiger partial charge >= 0.3 is 0 Å². The molecule has 0 radical (unpaired) electrons. The minimum absolute atomic E-state index is 0.0165. The number of carbonyl (C=O) groups excluding carboxylic acids is 1. The minimum Gasteiger partial charge on any atom is -0.497 e. The maximum absolute atomic E-state index is 12.3. The Labute approximate surface area is 131 Å². The molecule has 0 bridgehead atoms. The van der Waals surface area contributed by atoms with E-state index in [-0.39, 0.29) is 23.9 Å². The number of amides is 1. The number of hydrazine groups is 1. The van der Waals surface area contributed by atoms with Crippen LogP contribution >= 0.6 is 0 Å². The molecular formula is C16H23N3O3. The highest BCUT2D eigenvalue weighted by atomic mass is 16.5. The maximum Gasteiger partial charge on any atom is 0.283 e. The molecule has 3 atom stereocenters. The monoisotopic (exact) mass is 305 g/mol. The molecule has 2 N–H and O–H groups in total. The second-order valence-corrected chi connectivity index (χ2v) is 5.20. The number of methoxy groups -OCH3 is 1. The average Bonchev–Trinajstić information content (AvgIpc) is 3.14. The summed E-state index contributed by atoms with van der Waals surface area (Å²) in [6, 6.07) is 7.70. The van der Waals surface area contributed by atoms with Crippen molar-refractivity contribution in [2.75, 3.05) is 13.7 Å². The fourth-order valence-electron chi connectivity index (χ4n) is 2.38. The van der Waals surface area contributed by atoms with Crippen molar-refractivity contribution in [1.29, 1.82) is 0 Å². The topological polar surface area (TPSA) is 67.8 Å². The lowest BCUT2D eigenvalue weighted by molar-refractivity contribution is -0.141. The molecule has 1 heterocycles. The first-order valence-corrected chi connectivity index (χ1v) is 7.28. The Morgan fingerprint density at radius 2 is 2.05 bits per heavy atom. The maximum atomic E-state index is 12.3. The molecule has 0 aromatic heterocycles. The molecule has 0 aliphatic carbocycles. The van der Waals surface area contributed by atoms with Crippen molar-refractivity contribution in [3.05, 3.63) is 42.1 Å². The first-order chi connectivity index (χ1) is 10.5. The molecule has 1 amide bonds. The fraction of sp³-hybridized carbons (Fsp3) is 0.438. The van der Waals surface area contributed by atoms with Gasteiger partial charge in [0.2, 0.25) is 0 Å². The smallest absolute Gasteiger partial charge is 0.283 e. The predicted octanol–water partition coefficient (Wildman–Crippen LogP) is 1.48. The first-order valence-electron chi connectivity index (χ1n) is 7.28.